The summed E-state index contributed by atoms with van der Waals surface area (Å²) >= 11 is 0. The van der Waals surface area contributed by atoms with Crippen molar-refractivity contribution in [1.29, 1.82) is 0 Å². The molecule has 4 aromatic rings. The summed E-state index contributed by atoms with van der Waals surface area (Å²) in [5.41, 5.74) is -14.5. The van der Waals surface area contributed by atoms with Gasteiger partial charge in [0.05, 0.1) is 5.41 Å². The van der Waals surface area contributed by atoms with E-state index in [2.05, 4.69) is 6.58 Å². The smallest absolute Gasteiger partial charge is 0.200 e. The highest BCUT2D eigenvalue weighted by molar-refractivity contribution is 5.63. The average Bonchev–Trinajstić information content (AvgIpc) is 2.98. The molecule has 0 aliphatic carbocycles. The summed E-state index contributed by atoms with van der Waals surface area (Å²) in [6.07, 6.45) is 1.00. The Morgan fingerprint density at radius 2 is 0.571 bits per heavy atom. The Bertz CT molecular complexity index is 1540. The molecule has 0 aliphatic rings. The number of hydrogen-bond acceptors (Lipinski definition) is 0. The molecule has 0 fully saturated rings. The highest BCUT2D eigenvalue weighted by Crippen LogP contribution is 2.52. The minimum Gasteiger partial charge on any atom is -0.203 e. The standard InChI is InChI=1S/C27H7F15/c1-2-7-3-5-8(6-4-7)27(9-12(28)18(34)24(40)19(35)13(9)29,10-14(30)20(36)25(41)21(37)15(10)31)11-16(32)22(38)26(42)23(39)17(11)33/h2-6H,1H2. The van der Waals surface area contributed by atoms with Gasteiger partial charge in [0.1, 0.15) is 0 Å². The van der Waals surface area contributed by atoms with Gasteiger partial charge in [-0.15, -0.1) is 0 Å². The van der Waals surface area contributed by atoms with Crippen molar-refractivity contribution in [3.8, 4) is 0 Å². The molecular formula is C27H7F15. The van der Waals surface area contributed by atoms with E-state index in [1.807, 2.05) is 0 Å². The molecule has 0 heterocycles. The molecule has 0 saturated heterocycles. The van der Waals surface area contributed by atoms with Crippen LogP contribution in [0.25, 0.3) is 6.08 Å². The molecule has 4 rings (SSSR count). The molecule has 15 heteroatoms. The second-order valence-corrected chi connectivity index (χ2v) is 8.41. The van der Waals surface area contributed by atoms with Crippen LogP contribution in [-0.2, 0) is 5.41 Å². The van der Waals surface area contributed by atoms with E-state index in [1.165, 1.54) is 0 Å². The lowest BCUT2D eigenvalue weighted by atomic mass is 9.63. The first-order valence-electron chi connectivity index (χ1n) is 10.9. The summed E-state index contributed by atoms with van der Waals surface area (Å²) in [6.45, 7) is 3.30. The first kappa shape index (κ1) is 30.5. The zero-order chi connectivity index (χ0) is 31.6. The monoisotopic (exact) mass is 616 g/mol. The Hall–Kier alpha value is -4.43. The van der Waals surface area contributed by atoms with Crippen molar-refractivity contribution >= 4 is 6.08 Å². The van der Waals surface area contributed by atoms with Crippen molar-refractivity contribution in [2.75, 3.05) is 0 Å². The van der Waals surface area contributed by atoms with Crippen LogP contribution >= 0.6 is 0 Å². The average molecular weight is 616 g/mol. The largest absolute Gasteiger partial charge is 0.203 e. The van der Waals surface area contributed by atoms with E-state index < -0.39 is 115 Å². The molecule has 0 saturated carbocycles. The lowest BCUT2D eigenvalue weighted by molar-refractivity contribution is 0.330. The summed E-state index contributed by atoms with van der Waals surface area (Å²) in [4.78, 5) is 0. The van der Waals surface area contributed by atoms with E-state index in [0.29, 0.717) is 12.1 Å². The molecule has 220 valence electrons. The first-order chi connectivity index (χ1) is 19.6. The number of hydrogen-bond donors (Lipinski definition) is 0. The second kappa shape index (κ2) is 10.4. The van der Waals surface area contributed by atoms with Gasteiger partial charge in [-0.1, -0.05) is 36.9 Å². The van der Waals surface area contributed by atoms with Crippen LogP contribution in [0.15, 0.2) is 30.8 Å². The highest BCUT2D eigenvalue weighted by Gasteiger charge is 2.54. The summed E-state index contributed by atoms with van der Waals surface area (Å²) in [7, 11) is 0. The molecule has 0 N–H and O–H groups in total. The Labute approximate surface area is 223 Å². The van der Waals surface area contributed by atoms with Crippen molar-refractivity contribution < 1.29 is 65.9 Å². The van der Waals surface area contributed by atoms with E-state index in [4.69, 9.17) is 0 Å². The molecule has 0 spiro atoms. The quantitative estimate of drug-likeness (QED) is 0.0911. The van der Waals surface area contributed by atoms with Crippen LogP contribution in [0.5, 0.6) is 0 Å². The van der Waals surface area contributed by atoms with Crippen molar-refractivity contribution in [3.05, 3.63) is 146 Å². The van der Waals surface area contributed by atoms with Crippen LogP contribution < -0.4 is 0 Å². The molecule has 0 atom stereocenters. The molecule has 42 heavy (non-hydrogen) atoms. The molecule has 0 nitrogen and oxygen atoms in total. The Balaban J connectivity index is 2.55. The van der Waals surface area contributed by atoms with Gasteiger partial charge in [-0.2, -0.15) is 0 Å². The van der Waals surface area contributed by atoms with Crippen molar-refractivity contribution in [2.45, 2.75) is 5.41 Å². The highest BCUT2D eigenvalue weighted by atomic mass is 19.2. The third-order valence-corrected chi connectivity index (χ3v) is 6.33. The zero-order valence-electron chi connectivity index (χ0n) is 19.8. The zero-order valence-corrected chi connectivity index (χ0v) is 19.8. The summed E-state index contributed by atoms with van der Waals surface area (Å²) < 4.78 is 222. The number of halogens is 15. The molecule has 0 aliphatic heterocycles. The van der Waals surface area contributed by atoms with Crippen LogP contribution in [0.4, 0.5) is 65.9 Å². The third kappa shape index (κ3) is 3.96. The van der Waals surface area contributed by atoms with E-state index >= 15 is 26.3 Å². The van der Waals surface area contributed by atoms with Crippen LogP contribution in [0.1, 0.15) is 27.8 Å². The minimum absolute atomic E-state index is 0.0418. The number of benzene rings is 4. The predicted octanol–water partition coefficient (Wildman–Crippen LogP) is 8.80. The van der Waals surface area contributed by atoms with Gasteiger partial charge in [-0.25, -0.2) is 65.9 Å². The van der Waals surface area contributed by atoms with Gasteiger partial charge >= 0.3 is 0 Å². The van der Waals surface area contributed by atoms with Crippen LogP contribution in [0, 0.1) is 87.3 Å². The minimum atomic E-state index is -4.70. The van der Waals surface area contributed by atoms with Crippen LogP contribution in [0.3, 0.4) is 0 Å². The van der Waals surface area contributed by atoms with Crippen molar-refractivity contribution in [1.82, 2.24) is 0 Å². The van der Waals surface area contributed by atoms with Crippen LogP contribution in [0.2, 0.25) is 0 Å². The maximum absolute atomic E-state index is 15.4. The Morgan fingerprint density at radius 3 is 0.786 bits per heavy atom. The SMILES string of the molecule is C=Cc1ccc(C(c2c(F)c(F)c(F)c(F)c2F)(c2c(F)c(F)c(F)c(F)c2F)c2c(F)c(F)c(F)c(F)c2F)cc1. The second-order valence-electron chi connectivity index (χ2n) is 8.41. The molecule has 0 aromatic heterocycles. The lowest BCUT2D eigenvalue weighted by Crippen LogP contribution is -2.40. The normalized spacial score (nSPS) is 11.8. The number of rotatable bonds is 5. The summed E-state index contributed by atoms with van der Waals surface area (Å²) in [6, 6.07) is 2.21. The topological polar surface area (TPSA) is 0 Å². The Kier molecular flexibility index (Phi) is 7.59. The molecule has 0 amide bonds. The summed E-state index contributed by atoms with van der Waals surface area (Å²) in [5.74, 6) is -45.9. The molecule has 0 radical (unpaired) electrons. The maximum Gasteiger partial charge on any atom is 0.200 e. The first-order valence-corrected chi connectivity index (χ1v) is 10.9. The molecular weight excluding hydrogens is 609 g/mol. The maximum atomic E-state index is 15.4. The van der Waals surface area contributed by atoms with Gasteiger partial charge in [-0.05, 0) is 11.1 Å². The van der Waals surface area contributed by atoms with Gasteiger partial charge in [-0.3, -0.25) is 0 Å². The molecule has 0 bridgehead atoms. The fourth-order valence-electron chi connectivity index (χ4n) is 4.48. The van der Waals surface area contributed by atoms with Gasteiger partial charge in [0.25, 0.3) is 0 Å². The van der Waals surface area contributed by atoms with Crippen molar-refractivity contribution in [2.24, 2.45) is 0 Å². The summed E-state index contributed by atoms with van der Waals surface area (Å²) in [5, 5.41) is 0. The molecule has 0 unspecified atom stereocenters. The van der Waals surface area contributed by atoms with E-state index in [1.54, 1.807) is 0 Å². The Morgan fingerprint density at radius 1 is 0.357 bits per heavy atom. The van der Waals surface area contributed by atoms with Gasteiger partial charge in [0.15, 0.2) is 69.8 Å². The fourth-order valence-corrected chi connectivity index (χ4v) is 4.48. The fraction of sp³-hybridized carbons (Fsp3) is 0.0370. The van der Waals surface area contributed by atoms with Gasteiger partial charge < -0.3 is 0 Å². The van der Waals surface area contributed by atoms with E-state index in [0.717, 1.165) is 18.2 Å². The van der Waals surface area contributed by atoms with E-state index in [9.17, 15) is 39.5 Å². The molecule has 4 aromatic carbocycles. The van der Waals surface area contributed by atoms with Crippen LogP contribution in [-0.4, -0.2) is 0 Å². The van der Waals surface area contributed by atoms with Gasteiger partial charge in [0, 0.05) is 16.7 Å². The van der Waals surface area contributed by atoms with Gasteiger partial charge in [0.2, 0.25) is 17.5 Å². The van der Waals surface area contributed by atoms with Crippen molar-refractivity contribution in [3.63, 3.8) is 0 Å². The predicted molar refractivity (Wildman–Crippen MR) is 114 cm³/mol. The lowest BCUT2D eigenvalue weighted by Gasteiger charge is -2.38. The van der Waals surface area contributed by atoms with E-state index in [-0.39, 0.29) is 5.56 Å². The third-order valence-electron chi connectivity index (χ3n) is 6.33.